The average molecular weight is 384 g/mol. The second-order valence-corrected chi connectivity index (χ2v) is 6.84. The molecule has 1 aliphatic carbocycles. The van der Waals surface area contributed by atoms with Crippen LogP contribution >= 0.6 is 0 Å². The number of aromatic nitrogens is 1. The van der Waals surface area contributed by atoms with E-state index in [1.165, 1.54) is 28.3 Å². The molecule has 0 saturated carbocycles. The fourth-order valence-electron chi connectivity index (χ4n) is 3.62. The van der Waals surface area contributed by atoms with Crippen molar-refractivity contribution < 1.29 is 9.53 Å². The predicted octanol–water partition coefficient (Wildman–Crippen LogP) is 3.57. The Labute approximate surface area is 168 Å². The summed E-state index contributed by atoms with van der Waals surface area (Å²) < 4.78 is 5.47. The second kappa shape index (κ2) is 8.07. The van der Waals surface area contributed by atoms with E-state index in [1.807, 2.05) is 24.3 Å². The molecular weight excluding hydrogens is 364 g/mol. The third-order valence-electron chi connectivity index (χ3n) is 5.00. The van der Waals surface area contributed by atoms with Crippen molar-refractivity contribution in [3.05, 3.63) is 93.4 Å². The Morgan fingerprint density at radius 2 is 1.69 bits per heavy atom. The molecule has 1 aromatic heterocycles. The number of fused-ring (bicyclic) bond motifs is 3. The number of carbonyl (C=O) groups excluding carboxylic acids is 1. The summed E-state index contributed by atoms with van der Waals surface area (Å²) in [6.07, 6.45) is -0.501. The van der Waals surface area contributed by atoms with Crippen LogP contribution in [-0.2, 0) is 4.74 Å². The van der Waals surface area contributed by atoms with E-state index < -0.39 is 6.09 Å². The number of nitrogens with one attached hydrogen (secondary N) is 2. The molecule has 5 nitrogen and oxygen atoms in total. The van der Waals surface area contributed by atoms with Crippen molar-refractivity contribution in [1.82, 2.24) is 10.3 Å². The third kappa shape index (κ3) is 3.92. The van der Waals surface area contributed by atoms with Gasteiger partial charge in [-0.1, -0.05) is 60.4 Å². The van der Waals surface area contributed by atoms with Gasteiger partial charge >= 0.3 is 6.09 Å². The van der Waals surface area contributed by atoms with Crippen LogP contribution in [0.2, 0.25) is 0 Å². The molecule has 0 saturated heterocycles. The van der Waals surface area contributed by atoms with E-state index in [4.69, 9.17) is 4.74 Å². The summed E-state index contributed by atoms with van der Waals surface area (Å²) in [6.45, 7) is 2.21. The number of rotatable bonds is 3. The number of amides is 1. The van der Waals surface area contributed by atoms with E-state index in [0.717, 1.165) is 5.56 Å². The summed E-state index contributed by atoms with van der Waals surface area (Å²) in [7, 11) is 0. The molecule has 3 aromatic rings. The lowest BCUT2D eigenvalue weighted by atomic mass is 9.98. The number of pyridine rings is 1. The Hall–Kier alpha value is -3.78. The fraction of sp³-hybridized carbons (Fsp3) is 0.167. The lowest BCUT2D eigenvalue weighted by Gasteiger charge is -2.14. The molecule has 1 heterocycles. The predicted molar refractivity (Wildman–Crippen MR) is 112 cm³/mol. The lowest BCUT2D eigenvalue weighted by molar-refractivity contribution is 0.144. The average Bonchev–Trinajstić information content (AvgIpc) is 3.05. The van der Waals surface area contributed by atoms with Gasteiger partial charge < -0.3 is 15.0 Å². The molecule has 29 heavy (non-hydrogen) atoms. The van der Waals surface area contributed by atoms with Crippen LogP contribution in [0.25, 0.3) is 11.1 Å². The van der Waals surface area contributed by atoms with E-state index >= 15 is 0 Å². The zero-order valence-corrected chi connectivity index (χ0v) is 16.0. The molecule has 0 bridgehead atoms. The topological polar surface area (TPSA) is 71.2 Å². The largest absolute Gasteiger partial charge is 0.449 e. The highest BCUT2D eigenvalue weighted by Gasteiger charge is 2.28. The summed E-state index contributed by atoms with van der Waals surface area (Å²) in [5.41, 5.74) is 6.00. The van der Waals surface area contributed by atoms with Crippen molar-refractivity contribution >= 4 is 6.09 Å². The van der Waals surface area contributed by atoms with Gasteiger partial charge in [0.1, 0.15) is 6.61 Å². The summed E-state index contributed by atoms with van der Waals surface area (Å²) in [6, 6.07) is 19.5. The Bertz CT molecular complexity index is 1140. The first kappa shape index (κ1) is 18.6. The highest BCUT2D eigenvalue weighted by molar-refractivity contribution is 5.79. The number of hydrogen-bond acceptors (Lipinski definition) is 3. The standard InChI is InChI=1S/C24H20N2O3/c1-16-17(12-13-23(27)26-16)7-6-14-25-24(28)29-15-22-20-10-4-2-8-18(20)19-9-3-5-11-21(19)22/h2-5,8-13,22H,14-15H2,1H3,(H,25,28)(H,26,27). The van der Waals surface area contributed by atoms with Crippen LogP contribution in [0.1, 0.15) is 28.3 Å². The number of carbonyl (C=O) groups is 1. The molecule has 1 amide bonds. The van der Waals surface area contributed by atoms with Crippen LogP contribution in [-0.4, -0.2) is 24.2 Å². The molecule has 0 atom stereocenters. The van der Waals surface area contributed by atoms with Crippen molar-refractivity contribution in [2.24, 2.45) is 0 Å². The quantitative estimate of drug-likeness (QED) is 0.678. The van der Waals surface area contributed by atoms with Crippen molar-refractivity contribution in [3.63, 3.8) is 0 Å². The Balaban J connectivity index is 1.36. The molecule has 2 N–H and O–H groups in total. The maximum Gasteiger partial charge on any atom is 0.407 e. The molecular formula is C24H20N2O3. The fourth-order valence-corrected chi connectivity index (χ4v) is 3.62. The normalized spacial score (nSPS) is 11.8. The summed E-state index contributed by atoms with van der Waals surface area (Å²) >= 11 is 0. The number of benzene rings is 2. The molecule has 2 aromatic carbocycles. The van der Waals surface area contributed by atoms with E-state index in [2.05, 4.69) is 46.4 Å². The molecule has 5 heteroatoms. The Morgan fingerprint density at radius 3 is 2.34 bits per heavy atom. The van der Waals surface area contributed by atoms with Crippen LogP contribution < -0.4 is 10.9 Å². The minimum Gasteiger partial charge on any atom is -0.449 e. The molecule has 0 fully saturated rings. The van der Waals surface area contributed by atoms with Crippen LogP contribution in [0, 0.1) is 18.8 Å². The highest BCUT2D eigenvalue weighted by Crippen LogP contribution is 2.44. The number of hydrogen-bond donors (Lipinski definition) is 2. The first-order valence-corrected chi connectivity index (χ1v) is 9.41. The van der Waals surface area contributed by atoms with E-state index in [0.29, 0.717) is 5.69 Å². The van der Waals surface area contributed by atoms with Crippen LogP contribution in [0.3, 0.4) is 0 Å². The van der Waals surface area contributed by atoms with E-state index in [-0.39, 0.29) is 24.6 Å². The van der Waals surface area contributed by atoms with Gasteiger partial charge in [0, 0.05) is 23.2 Å². The minimum absolute atomic E-state index is 0.0306. The minimum atomic E-state index is -0.501. The van der Waals surface area contributed by atoms with Crippen LogP contribution in [0.5, 0.6) is 0 Å². The van der Waals surface area contributed by atoms with E-state index in [9.17, 15) is 9.59 Å². The van der Waals surface area contributed by atoms with Gasteiger partial charge in [-0.25, -0.2) is 4.79 Å². The van der Waals surface area contributed by atoms with Gasteiger partial charge in [-0.05, 0) is 35.2 Å². The molecule has 0 unspecified atom stereocenters. The zero-order valence-electron chi connectivity index (χ0n) is 16.0. The van der Waals surface area contributed by atoms with Crippen LogP contribution in [0.15, 0.2) is 65.5 Å². The lowest BCUT2D eigenvalue weighted by Crippen LogP contribution is -2.26. The first-order valence-electron chi connectivity index (χ1n) is 9.41. The highest BCUT2D eigenvalue weighted by atomic mass is 16.5. The second-order valence-electron chi connectivity index (χ2n) is 6.84. The number of aromatic amines is 1. The molecule has 0 aliphatic heterocycles. The van der Waals surface area contributed by atoms with Gasteiger partial charge in [0.05, 0.1) is 6.54 Å². The van der Waals surface area contributed by atoms with Crippen molar-refractivity contribution in [3.8, 4) is 23.0 Å². The third-order valence-corrected chi connectivity index (χ3v) is 5.00. The number of H-pyrrole nitrogens is 1. The van der Waals surface area contributed by atoms with Crippen molar-refractivity contribution in [2.75, 3.05) is 13.2 Å². The first-order chi connectivity index (χ1) is 14.1. The van der Waals surface area contributed by atoms with Gasteiger partial charge in [-0.2, -0.15) is 0 Å². The van der Waals surface area contributed by atoms with Gasteiger partial charge in [0.2, 0.25) is 5.56 Å². The SMILES string of the molecule is Cc1[nH]c(=O)ccc1C#CCNC(=O)OCC1c2ccccc2-c2ccccc21. The number of alkyl carbamates (subject to hydrolysis) is 1. The smallest absolute Gasteiger partial charge is 0.407 e. The molecule has 0 spiro atoms. The molecule has 4 rings (SSSR count). The Kier molecular flexibility index (Phi) is 5.17. The van der Waals surface area contributed by atoms with Gasteiger partial charge in [0.15, 0.2) is 0 Å². The van der Waals surface area contributed by atoms with Gasteiger partial charge in [0.25, 0.3) is 0 Å². The summed E-state index contributed by atoms with van der Waals surface area (Å²) in [5.74, 6) is 5.83. The number of aryl methyl sites for hydroxylation is 1. The van der Waals surface area contributed by atoms with Gasteiger partial charge in [-0.3, -0.25) is 4.79 Å². The summed E-state index contributed by atoms with van der Waals surface area (Å²) in [5, 5.41) is 2.65. The Morgan fingerprint density at radius 1 is 1.03 bits per heavy atom. The van der Waals surface area contributed by atoms with Gasteiger partial charge in [-0.15, -0.1) is 0 Å². The zero-order chi connectivity index (χ0) is 20.2. The number of ether oxygens (including phenoxy) is 1. The van der Waals surface area contributed by atoms with Crippen molar-refractivity contribution in [1.29, 1.82) is 0 Å². The monoisotopic (exact) mass is 384 g/mol. The van der Waals surface area contributed by atoms with Crippen molar-refractivity contribution in [2.45, 2.75) is 12.8 Å². The molecule has 0 radical (unpaired) electrons. The maximum atomic E-state index is 12.1. The summed E-state index contributed by atoms with van der Waals surface area (Å²) in [4.78, 5) is 26.0. The van der Waals surface area contributed by atoms with E-state index in [1.54, 1.807) is 13.0 Å². The van der Waals surface area contributed by atoms with Crippen LogP contribution in [0.4, 0.5) is 4.79 Å². The molecule has 1 aliphatic rings. The molecule has 144 valence electrons. The maximum absolute atomic E-state index is 12.1.